The Balaban J connectivity index is 1.45. The lowest BCUT2D eigenvalue weighted by Crippen LogP contribution is -2.39. The molecule has 3 heterocycles. The molecule has 1 aliphatic rings. The van der Waals surface area contributed by atoms with Gasteiger partial charge in [0.15, 0.2) is 5.82 Å². The van der Waals surface area contributed by atoms with Crippen LogP contribution in [0.2, 0.25) is 0 Å². The number of nitrogens with one attached hydrogen (secondary N) is 1. The van der Waals surface area contributed by atoms with Crippen molar-refractivity contribution in [3.8, 4) is 5.69 Å². The maximum absolute atomic E-state index is 13.5. The zero-order chi connectivity index (χ0) is 25.1. The highest BCUT2D eigenvalue weighted by molar-refractivity contribution is 7.71. The number of piperidine rings is 1. The summed E-state index contributed by atoms with van der Waals surface area (Å²) in [5, 5.41) is 7.78. The summed E-state index contributed by atoms with van der Waals surface area (Å²) in [4.78, 5) is 21.3. The number of nitrogens with zero attached hydrogens (tertiary/aromatic N) is 6. The molecule has 0 bridgehead atoms. The molecule has 35 heavy (non-hydrogen) atoms. The first-order chi connectivity index (χ1) is 16.7. The second-order valence-electron chi connectivity index (χ2n) is 9.34. The van der Waals surface area contributed by atoms with Crippen molar-refractivity contribution in [2.75, 3.05) is 32.5 Å². The van der Waals surface area contributed by atoms with E-state index in [-0.39, 0.29) is 23.7 Å². The number of hydrogen-bond acceptors (Lipinski definition) is 6. The lowest BCUT2D eigenvalue weighted by Gasteiger charge is -2.30. The molecule has 1 unspecified atom stereocenters. The molecule has 1 fully saturated rings. The van der Waals surface area contributed by atoms with Gasteiger partial charge in [-0.1, -0.05) is 6.07 Å². The van der Waals surface area contributed by atoms with E-state index in [0.29, 0.717) is 17.3 Å². The van der Waals surface area contributed by atoms with Gasteiger partial charge in [-0.3, -0.25) is 19.2 Å². The number of benzene rings is 1. The highest BCUT2D eigenvalue weighted by Gasteiger charge is 2.27. The van der Waals surface area contributed by atoms with Crippen molar-refractivity contribution in [1.82, 2.24) is 29.1 Å². The number of aromatic nitrogens is 4. The Kier molecular flexibility index (Phi) is 7.73. The predicted molar refractivity (Wildman–Crippen MR) is 136 cm³/mol. The number of anilines is 1. The summed E-state index contributed by atoms with van der Waals surface area (Å²) < 4.78 is 17.8. The van der Waals surface area contributed by atoms with Gasteiger partial charge in [-0.25, -0.2) is 14.1 Å². The molecule has 10 heteroatoms. The van der Waals surface area contributed by atoms with E-state index in [4.69, 9.17) is 17.3 Å². The van der Waals surface area contributed by atoms with E-state index in [2.05, 4.69) is 27.0 Å². The van der Waals surface area contributed by atoms with E-state index >= 15 is 0 Å². The van der Waals surface area contributed by atoms with Crippen LogP contribution in [0.25, 0.3) is 5.69 Å². The first kappa shape index (κ1) is 25.2. The largest absolute Gasteiger partial charge is 0.310 e. The minimum atomic E-state index is -0.292. The van der Waals surface area contributed by atoms with Crippen molar-refractivity contribution in [3.63, 3.8) is 0 Å². The minimum absolute atomic E-state index is 0.00724. The molecule has 0 aliphatic carbocycles. The van der Waals surface area contributed by atoms with Crippen molar-refractivity contribution in [2.24, 2.45) is 5.92 Å². The zero-order valence-corrected chi connectivity index (χ0v) is 21.4. The van der Waals surface area contributed by atoms with Crippen LogP contribution in [-0.2, 0) is 11.5 Å². The fourth-order valence-corrected chi connectivity index (χ4v) is 4.44. The molecule has 1 saturated heterocycles. The van der Waals surface area contributed by atoms with E-state index in [1.807, 2.05) is 42.4 Å². The highest BCUT2D eigenvalue weighted by atomic mass is 32.1. The van der Waals surface area contributed by atoms with E-state index in [0.717, 1.165) is 43.0 Å². The zero-order valence-electron chi connectivity index (χ0n) is 20.6. The summed E-state index contributed by atoms with van der Waals surface area (Å²) in [5.74, 6) is 1.05. The van der Waals surface area contributed by atoms with Crippen LogP contribution in [0.3, 0.4) is 0 Å². The Morgan fingerprint density at radius 3 is 2.49 bits per heavy atom. The second kappa shape index (κ2) is 10.8. The molecule has 3 aromatic rings. The maximum atomic E-state index is 13.5. The normalized spacial score (nSPS) is 15.9. The third-order valence-corrected chi connectivity index (χ3v) is 6.95. The van der Waals surface area contributed by atoms with Gasteiger partial charge in [-0.2, -0.15) is 5.10 Å². The average Bonchev–Trinajstić information content (AvgIpc) is 3.16. The number of halogens is 1. The van der Waals surface area contributed by atoms with Crippen LogP contribution in [0.1, 0.15) is 37.2 Å². The Morgan fingerprint density at radius 2 is 1.89 bits per heavy atom. The Labute approximate surface area is 210 Å². The standard InChI is InChI=1S/C25H32FN7OS/c1-17-5-10-22(27-15-17)28-24(34)19-11-13-31(14-12-19)16-32-25(35)33(21-8-6-20(26)7-9-21)23(29-32)18(2)30(3)4/h5-10,15,18-19H,11-14,16H2,1-4H3,(H,27,28,34). The summed E-state index contributed by atoms with van der Waals surface area (Å²) in [5.41, 5.74) is 1.84. The van der Waals surface area contributed by atoms with Crippen LogP contribution >= 0.6 is 12.2 Å². The van der Waals surface area contributed by atoms with Crippen molar-refractivity contribution in [3.05, 3.63) is 64.6 Å². The lowest BCUT2D eigenvalue weighted by molar-refractivity contribution is -0.121. The highest BCUT2D eigenvalue weighted by Crippen LogP contribution is 2.23. The molecule has 1 aliphatic heterocycles. The van der Waals surface area contributed by atoms with Crippen LogP contribution in [-0.4, -0.2) is 62.2 Å². The number of rotatable bonds is 7. The van der Waals surface area contributed by atoms with Crippen LogP contribution < -0.4 is 5.32 Å². The fourth-order valence-electron chi connectivity index (χ4n) is 4.15. The van der Waals surface area contributed by atoms with Crippen LogP contribution in [0, 0.1) is 23.4 Å². The SMILES string of the molecule is Cc1ccc(NC(=O)C2CCN(Cn3nc(C(C)N(C)C)n(-c4ccc(F)cc4)c3=S)CC2)nc1. The molecule has 0 radical (unpaired) electrons. The molecular formula is C25H32FN7OS. The summed E-state index contributed by atoms with van der Waals surface area (Å²) in [6.45, 7) is 6.10. The third kappa shape index (κ3) is 5.83. The minimum Gasteiger partial charge on any atom is -0.310 e. The first-order valence-electron chi connectivity index (χ1n) is 11.8. The topological polar surface area (TPSA) is 71.2 Å². The smallest absolute Gasteiger partial charge is 0.228 e. The Hall–Kier alpha value is -2.95. The molecule has 186 valence electrons. The maximum Gasteiger partial charge on any atom is 0.228 e. The number of pyridine rings is 1. The van der Waals surface area contributed by atoms with E-state index in [1.54, 1.807) is 18.3 Å². The molecule has 1 aromatic carbocycles. The van der Waals surface area contributed by atoms with Crippen LogP contribution in [0.15, 0.2) is 42.6 Å². The van der Waals surface area contributed by atoms with Crippen molar-refractivity contribution in [2.45, 2.75) is 39.4 Å². The molecule has 1 N–H and O–H groups in total. The van der Waals surface area contributed by atoms with Gasteiger partial charge in [0, 0.05) is 30.9 Å². The van der Waals surface area contributed by atoms with Gasteiger partial charge in [0.25, 0.3) is 0 Å². The number of carbonyl (C=O) groups is 1. The first-order valence-corrected chi connectivity index (χ1v) is 12.2. The van der Waals surface area contributed by atoms with E-state index in [1.165, 1.54) is 12.1 Å². The summed E-state index contributed by atoms with van der Waals surface area (Å²) in [7, 11) is 3.98. The second-order valence-corrected chi connectivity index (χ2v) is 9.70. The number of aryl methyl sites for hydroxylation is 1. The summed E-state index contributed by atoms with van der Waals surface area (Å²) in [6, 6.07) is 10.1. The van der Waals surface area contributed by atoms with Gasteiger partial charge >= 0.3 is 0 Å². The van der Waals surface area contributed by atoms with E-state index < -0.39 is 0 Å². The number of hydrogen-bond donors (Lipinski definition) is 1. The lowest BCUT2D eigenvalue weighted by atomic mass is 9.96. The Bertz CT molecular complexity index is 1210. The molecular weight excluding hydrogens is 465 g/mol. The molecule has 4 rings (SSSR count). The van der Waals surface area contributed by atoms with Gasteiger partial charge in [0.05, 0.1) is 12.7 Å². The predicted octanol–water partition coefficient (Wildman–Crippen LogP) is 4.18. The molecule has 8 nitrogen and oxygen atoms in total. The van der Waals surface area contributed by atoms with Gasteiger partial charge in [-0.15, -0.1) is 0 Å². The van der Waals surface area contributed by atoms with Crippen LogP contribution in [0.4, 0.5) is 10.2 Å². The molecule has 0 saturated carbocycles. The average molecular weight is 498 g/mol. The number of amides is 1. The van der Waals surface area contributed by atoms with Crippen molar-refractivity contribution < 1.29 is 9.18 Å². The van der Waals surface area contributed by atoms with Crippen molar-refractivity contribution in [1.29, 1.82) is 0 Å². The quantitative estimate of drug-likeness (QED) is 0.494. The van der Waals surface area contributed by atoms with Gasteiger partial charge in [0.1, 0.15) is 11.6 Å². The fraction of sp³-hybridized carbons (Fsp3) is 0.440. The summed E-state index contributed by atoms with van der Waals surface area (Å²) in [6.07, 6.45) is 3.26. The molecule has 0 spiro atoms. The van der Waals surface area contributed by atoms with Gasteiger partial charge in [-0.05, 0) is 88.9 Å². The monoisotopic (exact) mass is 497 g/mol. The Morgan fingerprint density at radius 1 is 1.20 bits per heavy atom. The molecule has 2 aromatic heterocycles. The van der Waals surface area contributed by atoms with Gasteiger partial charge < -0.3 is 5.32 Å². The molecule has 1 amide bonds. The number of carbonyl (C=O) groups excluding carboxylic acids is 1. The van der Waals surface area contributed by atoms with Gasteiger partial charge in [0.2, 0.25) is 10.7 Å². The summed E-state index contributed by atoms with van der Waals surface area (Å²) >= 11 is 5.80. The number of likely N-dealkylation sites (tertiary alicyclic amines) is 1. The van der Waals surface area contributed by atoms with E-state index in [9.17, 15) is 9.18 Å². The van der Waals surface area contributed by atoms with Crippen LogP contribution in [0.5, 0.6) is 0 Å². The third-order valence-electron chi connectivity index (χ3n) is 6.55. The molecule has 1 atom stereocenters. The van der Waals surface area contributed by atoms with Crippen molar-refractivity contribution >= 4 is 23.9 Å².